The van der Waals surface area contributed by atoms with Gasteiger partial charge in [0.25, 0.3) is 5.91 Å². The first-order valence-corrected chi connectivity index (χ1v) is 12.9. The molecule has 2 aromatic rings. The number of aryl methyl sites for hydroxylation is 2. The molecule has 4 rings (SSSR count). The van der Waals surface area contributed by atoms with Gasteiger partial charge in [0.2, 0.25) is 20.2 Å². The molecule has 0 spiro atoms. The van der Waals surface area contributed by atoms with E-state index < -0.39 is 15.7 Å². The van der Waals surface area contributed by atoms with Crippen molar-refractivity contribution in [1.82, 2.24) is 4.90 Å². The predicted molar refractivity (Wildman–Crippen MR) is 133 cm³/mol. The quantitative estimate of drug-likeness (QED) is 0.368. The molecular weight excluding hydrogens is 476 g/mol. The lowest BCUT2D eigenvalue weighted by Crippen LogP contribution is -2.45. The van der Waals surface area contributed by atoms with Gasteiger partial charge in [0.15, 0.2) is 0 Å². The maximum atomic E-state index is 12.4. The van der Waals surface area contributed by atoms with Crippen LogP contribution in [-0.2, 0) is 14.6 Å². The van der Waals surface area contributed by atoms with Crippen molar-refractivity contribution in [3.63, 3.8) is 0 Å². The van der Waals surface area contributed by atoms with Crippen LogP contribution in [0.25, 0.3) is 6.08 Å². The van der Waals surface area contributed by atoms with Crippen LogP contribution < -0.4 is 9.47 Å². The third-order valence-corrected chi connectivity index (χ3v) is 6.78. The average molecular weight is 499 g/mol. The molecule has 0 saturated heterocycles. The number of benzene rings is 2. The third-order valence-electron chi connectivity index (χ3n) is 5.02. The first-order chi connectivity index (χ1) is 16.1. The number of carbonyl (C=O) groups is 1. The molecule has 2 aromatic carbocycles. The highest BCUT2D eigenvalue weighted by Gasteiger charge is 2.41. The standard InChI is InChI=1S/C23H22N4O5S2/c1-14-5-4-6-15(2)19(14)32-12-11-31-17-9-7-16(8-10-17)13-18-20(24)27-22(25-21(18)28)33-26-23(27)34(3,29)30/h4-10,13,24H,11-12H2,1-3H3/b18-13-,24-20?. The normalized spacial score (nSPS) is 16.9. The summed E-state index contributed by atoms with van der Waals surface area (Å²) in [5, 5.41) is 8.12. The number of fused-ring (bicyclic) bond motifs is 1. The van der Waals surface area contributed by atoms with Crippen molar-refractivity contribution in [1.29, 1.82) is 5.41 Å². The molecule has 2 aliphatic heterocycles. The van der Waals surface area contributed by atoms with Gasteiger partial charge in [-0.25, -0.2) is 13.3 Å². The van der Waals surface area contributed by atoms with Crippen LogP contribution in [0.5, 0.6) is 11.5 Å². The van der Waals surface area contributed by atoms with Gasteiger partial charge in [0, 0.05) is 6.26 Å². The molecule has 0 fully saturated rings. The minimum atomic E-state index is -3.69. The lowest BCUT2D eigenvalue weighted by Gasteiger charge is -2.23. The molecule has 0 saturated carbocycles. The highest BCUT2D eigenvalue weighted by Crippen LogP contribution is 2.30. The lowest BCUT2D eigenvalue weighted by molar-refractivity contribution is -0.114. The van der Waals surface area contributed by atoms with Gasteiger partial charge in [-0.15, -0.1) is 0 Å². The maximum Gasteiger partial charge on any atom is 0.283 e. The van der Waals surface area contributed by atoms with Crippen molar-refractivity contribution in [2.75, 3.05) is 19.5 Å². The number of amides is 1. The molecular formula is C23H22N4O5S2. The molecule has 0 radical (unpaired) electrons. The number of para-hydroxylation sites is 1. The lowest BCUT2D eigenvalue weighted by atomic mass is 10.1. The predicted octanol–water partition coefficient (Wildman–Crippen LogP) is 3.38. The number of hydrogen-bond donors (Lipinski definition) is 1. The monoisotopic (exact) mass is 498 g/mol. The summed E-state index contributed by atoms with van der Waals surface area (Å²) in [6, 6.07) is 12.9. The van der Waals surface area contributed by atoms with Crippen molar-refractivity contribution in [3.05, 3.63) is 64.7 Å². The molecule has 9 nitrogen and oxygen atoms in total. The number of sulfone groups is 1. The Morgan fingerprint density at radius 3 is 2.35 bits per heavy atom. The van der Waals surface area contributed by atoms with Crippen LogP contribution in [0.1, 0.15) is 16.7 Å². The van der Waals surface area contributed by atoms with Crippen LogP contribution >= 0.6 is 11.9 Å². The van der Waals surface area contributed by atoms with Crippen molar-refractivity contribution < 1.29 is 22.7 Å². The Bertz CT molecular complexity index is 1340. The van der Waals surface area contributed by atoms with E-state index in [1.807, 2.05) is 32.0 Å². The minimum absolute atomic E-state index is 0.0294. The van der Waals surface area contributed by atoms with Crippen molar-refractivity contribution in [3.8, 4) is 11.5 Å². The number of rotatable bonds is 6. The summed E-state index contributed by atoms with van der Waals surface area (Å²) in [5.41, 5.74) is 2.74. The summed E-state index contributed by atoms with van der Waals surface area (Å²) >= 11 is 0.758. The number of nitrogens with zero attached hydrogens (tertiary/aromatic N) is 3. The van der Waals surface area contributed by atoms with E-state index in [1.54, 1.807) is 24.3 Å². The Balaban J connectivity index is 1.41. The van der Waals surface area contributed by atoms with Crippen LogP contribution in [0.3, 0.4) is 0 Å². The fourth-order valence-electron chi connectivity index (χ4n) is 3.39. The minimum Gasteiger partial charge on any atom is -0.490 e. The number of aliphatic imine (C=N–C) groups is 1. The second kappa shape index (κ2) is 9.43. The fourth-order valence-corrected chi connectivity index (χ4v) is 5.24. The average Bonchev–Trinajstić information content (AvgIpc) is 3.21. The fraction of sp³-hybridized carbons (Fsp3) is 0.217. The molecule has 2 heterocycles. The Labute approximate surface area is 201 Å². The van der Waals surface area contributed by atoms with Crippen LogP contribution in [0, 0.1) is 19.3 Å². The Kier molecular flexibility index (Phi) is 6.58. The summed E-state index contributed by atoms with van der Waals surface area (Å²) in [7, 11) is -3.69. The zero-order valence-electron chi connectivity index (χ0n) is 18.7. The number of ether oxygens (including phenoxy) is 2. The maximum absolute atomic E-state index is 12.4. The Morgan fingerprint density at radius 2 is 1.71 bits per heavy atom. The van der Waals surface area contributed by atoms with Crippen LogP contribution in [-0.4, -0.2) is 54.9 Å². The van der Waals surface area contributed by atoms with Crippen molar-refractivity contribution in [2.24, 2.45) is 9.39 Å². The zero-order valence-corrected chi connectivity index (χ0v) is 20.4. The van der Waals surface area contributed by atoms with Crippen LogP contribution in [0.4, 0.5) is 0 Å². The summed E-state index contributed by atoms with van der Waals surface area (Å²) in [4.78, 5) is 17.4. The largest absolute Gasteiger partial charge is 0.490 e. The topological polar surface area (TPSA) is 121 Å². The van der Waals surface area contributed by atoms with Gasteiger partial charge in [-0.2, -0.15) is 9.39 Å². The smallest absolute Gasteiger partial charge is 0.283 e. The molecule has 0 unspecified atom stereocenters. The van der Waals surface area contributed by atoms with Gasteiger partial charge in [-0.05, 0) is 48.7 Å². The number of amidine groups is 3. The van der Waals surface area contributed by atoms with Gasteiger partial charge in [-0.3, -0.25) is 10.2 Å². The van der Waals surface area contributed by atoms with Crippen LogP contribution in [0.2, 0.25) is 0 Å². The van der Waals surface area contributed by atoms with E-state index >= 15 is 0 Å². The summed E-state index contributed by atoms with van der Waals surface area (Å²) in [5.74, 6) is 0.574. The number of carbonyl (C=O) groups excluding carboxylic acids is 1. The molecule has 1 amide bonds. The molecule has 0 aliphatic carbocycles. The zero-order chi connectivity index (χ0) is 24.5. The van der Waals surface area contributed by atoms with E-state index in [2.05, 4.69) is 9.39 Å². The van der Waals surface area contributed by atoms with Crippen LogP contribution in [0.15, 0.2) is 57.4 Å². The second-order valence-electron chi connectivity index (χ2n) is 7.67. The third kappa shape index (κ3) is 4.90. The van der Waals surface area contributed by atoms with Gasteiger partial charge in [0.05, 0.1) is 17.5 Å². The second-order valence-corrected chi connectivity index (χ2v) is 10.3. The highest BCUT2D eigenvalue weighted by atomic mass is 32.2. The molecule has 11 heteroatoms. The van der Waals surface area contributed by atoms with Gasteiger partial charge in [0.1, 0.15) is 30.5 Å². The van der Waals surface area contributed by atoms with Gasteiger partial charge in [-0.1, -0.05) is 30.3 Å². The molecule has 0 atom stereocenters. The molecule has 1 N–H and O–H groups in total. The Hall–Kier alpha value is -3.44. The summed E-state index contributed by atoms with van der Waals surface area (Å²) in [6.45, 7) is 4.74. The van der Waals surface area contributed by atoms with E-state index in [4.69, 9.17) is 14.9 Å². The van der Waals surface area contributed by atoms with E-state index in [9.17, 15) is 13.2 Å². The molecule has 34 heavy (non-hydrogen) atoms. The number of nitrogens with one attached hydrogen (secondary N) is 1. The van der Waals surface area contributed by atoms with E-state index in [-0.39, 0.29) is 21.7 Å². The SMILES string of the molecule is Cc1cccc(C)c1OCCOc1ccc(/C=C2/C(=N)N3C(=NC2=O)SN=C3S(C)(=O)=O)cc1. The van der Waals surface area contributed by atoms with E-state index in [0.717, 1.165) is 40.0 Å². The van der Waals surface area contributed by atoms with Gasteiger partial charge >= 0.3 is 0 Å². The van der Waals surface area contributed by atoms with Crippen molar-refractivity contribution in [2.45, 2.75) is 13.8 Å². The van der Waals surface area contributed by atoms with Gasteiger partial charge < -0.3 is 9.47 Å². The van der Waals surface area contributed by atoms with E-state index in [0.29, 0.717) is 24.5 Å². The number of hydrogen-bond acceptors (Lipinski definition) is 8. The highest BCUT2D eigenvalue weighted by molar-refractivity contribution is 8.16. The molecule has 2 aliphatic rings. The molecule has 0 aromatic heterocycles. The first-order valence-electron chi connectivity index (χ1n) is 10.3. The van der Waals surface area contributed by atoms with Crippen molar-refractivity contribution >= 4 is 49.9 Å². The summed E-state index contributed by atoms with van der Waals surface area (Å²) in [6.07, 6.45) is 2.48. The Morgan fingerprint density at radius 1 is 1.06 bits per heavy atom. The molecule has 176 valence electrons. The first kappa shape index (κ1) is 23.7. The summed E-state index contributed by atoms with van der Waals surface area (Å²) < 4.78 is 39.4. The van der Waals surface area contributed by atoms with E-state index in [1.165, 1.54) is 6.08 Å². The molecule has 0 bridgehead atoms.